The van der Waals surface area contributed by atoms with E-state index >= 15 is 0 Å². The lowest BCUT2D eigenvalue weighted by Crippen LogP contribution is -2.33. The number of hydrogen-bond donors (Lipinski definition) is 1. The van der Waals surface area contributed by atoms with Crippen molar-refractivity contribution in [1.29, 1.82) is 0 Å². The molecule has 10 rings (SSSR count). The van der Waals surface area contributed by atoms with Gasteiger partial charge in [-0.05, 0) is 48.0 Å². The predicted molar refractivity (Wildman–Crippen MR) is 205 cm³/mol. The summed E-state index contributed by atoms with van der Waals surface area (Å²) in [5.41, 5.74) is 8.45. The van der Waals surface area contributed by atoms with Gasteiger partial charge in [-0.15, -0.1) is 0 Å². The van der Waals surface area contributed by atoms with Crippen molar-refractivity contribution in [1.82, 2.24) is 19.4 Å². The Hall–Kier alpha value is -6.79. The first-order valence-corrected chi connectivity index (χ1v) is 16.8. The first kappa shape index (κ1) is 28.2. The number of benzene rings is 6. The van der Waals surface area contributed by atoms with E-state index in [1.54, 1.807) is 0 Å². The Morgan fingerprint density at radius 1 is 0.500 bits per heavy atom. The van der Waals surface area contributed by atoms with Crippen LogP contribution in [0, 0.1) is 0 Å². The van der Waals surface area contributed by atoms with Gasteiger partial charge < -0.3 is 9.88 Å². The molecule has 1 atom stereocenters. The number of rotatable bonds is 5. The van der Waals surface area contributed by atoms with Crippen LogP contribution in [0.1, 0.15) is 23.0 Å². The molecular weight excluding hydrogens is 613 g/mol. The lowest BCUT2D eigenvalue weighted by atomic mass is 10.1. The summed E-state index contributed by atoms with van der Waals surface area (Å²) in [7, 11) is 0. The van der Waals surface area contributed by atoms with Crippen molar-refractivity contribution in [2.24, 2.45) is 9.98 Å². The van der Waals surface area contributed by atoms with Crippen molar-refractivity contribution >= 4 is 55.3 Å². The fourth-order valence-electron chi connectivity index (χ4n) is 7.38. The summed E-state index contributed by atoms with van der Waals surface area (Å²) in [6.07, 6.45) is -0.300. The van der Waals surface area contributed by atoms with Gasteiger partial charge in [-0.25, -0.2) is 15.0 Å². The zero-order valence-electron chi connectivity index (χ0n) is 27.0. The van der Waals surface area contributed by atoms with E-state index in [1.807, 2.05) is 42.5 Å². The number of nitrogens with zero attached hydrogens (tertiary/aromatic N) is 5. The molecule has 0 fully saturated rings. The van der Waals surface area contributed by atoms with E-state index in [1.165, 1.54) is 32.6 Å². The Kier molecular flexibility index (Phi) is 6.45. The summed E-state index contributed by atoms with van der Waals surface area (Å²) >= 11 is 0. The molecule has 1 aliphatic heterocycles. The zero-order chi connectivity index (χ0) is 33.0. The van der Waals surface area contributed by atoms with E-state index in [0.29, 0.717) is 11.5 Å². The number of hydrogen-bond acceptors (Lipinski definition) is 4. The maximum atomic E-state index is 5.29. The molecule has 4 heterocycles. The molecule has 6 aromatic carbocycles. The molecule has 6 nitrogen and oxygen atoms in total. The highest BCUT2D eigenvalue weighted by atomic mass is 15.2. The minimum atomic E-state index is -0.300. The molecule has 1 N–H and O–H groups in total. The molecule has 0 amide bonds. The van der Waals surface area contributed by atoms with Crippen LogP contribution < -0.4 is 5.32 Å². The van der Waals surface area contributed by atoms with E-state index in [2.05, 4.69) is 142 Å². The molecule has 0 radical (unpaired) electrons. The quantitative estimate of drug-likeness (QED) is 0.203. The monoisotopic (exact) mass is 642 g/mol. The predicted octanol–water partition coefficient (Wildman–Crippen LogP) is 9.77. The van der Waals surface area contributed by atoms with Gasteiger partial charge in [0.25, 0.3) is 0 Å². The van der Waals surface area contributed by atoms with Crippen molar-refractivity contribution in [3.8, 4) is 11.5 Å². The third-order valence-electron chi connectivity index (χ3n) is 9.58. The molecule has 0 aliphatic carbocycles. The number of aliphatic imine (C=N–C) groups is 2. The van der Waals surface area contributed by atoms with Gasteiger partial charge in [0.15, 0.2) is 5.84 Å². The standard InChI is InChI=1S/C44H30N6/c1-4-15-29(16-5-1)42-46-43(30-17-6-2-7-18-30)48-44(47-42)35-23-14-26-39(45-35)50-37-25-13-11-22-34(37)40-38(50)28-27-33-32-21-10-12-24-36(32)49(41(33)40)31-19-8-3-9-20-31/h1-28,42H,(H,46,47,48). The van der Waals surface area contributed by atoms with E-state index in [-0.39, 0.29) is 6.17 Å². The highest BCUT2D eigenvalue weighted by molar-refractivity contribution is 6.26. The Balaban J connectivity index is 1.21. The van der Waals surface area contributed by atoms with Crippen LogP contribution in [0.15, 0.2) is 180 Å². The maximum Gasteiger partial charge on any atom is 0.178 e. The van der Waals surface area contributed by atoms with E-state index in [9.17, 15) is 0 Å². The van der Waals surface area contributed by atoms with Gasteiger partial charge in [-0.1, -0.05) is 127 Å². The van der Waals surface area contributed by atoms with Crippen LogP contribution in [0.3, 0.4) is 0 Å². The topological polar surface area (TPSA) is 59.5 Å². The first-order valence-electron chi connectivity index (χ1n) is 16.8. The molecule has 0 saturated heterocycles. The summed E-state index contributed by atoms with van der Waals surface area (Å²) < 4.78 is 4.68. The SMILES string of the molecule is c1ccc(C2=NC(c3cccc(-n4c5ccccc5c5c4ccc4c6ccccc6n(-c6ccccc6)c45)n3)=NC(c3ccccc3)N2)cc1. The van der Waals surface area contributed by atoms with E-state index in [4.69, 9.17) is 15.0 Å². The fourth-order valence-corrected chi connectivity index (χ4v) is 7.38. The number of aromatic nitrogens is 3. The Morgan fingerprint density at radius 2 is 1.16 bits per heavy atom. The summed E-state index contributed by atoms with van der Waals surface area (Å²) in [5, 5.41) is 8.37. The van der Waals surface area contributed by atoms with Crippen LogP contribution in [0.2, 0.25) is 0 Å². The number of nitrogens with one attached hydrogen (secondary N) is 1. The van der Waals surface area contributed by atoms with Gasteiger partial charge in [0.05, 0.1) is 22.1 Å². The maximum absolute atomic E-state index is 5.29. The van der Waals surface area contributed by atoms with Crippen molar-refractivity contribution in [2.75, 3.05) is 0 Å². The van der Waals surface area contributed by atoms with Crippen molar-refractivity contribution < 1.29 is 0 Å². The molecule has 236 valence electrons. The smallest absolute Gasteiger partial charge is 0.178 e. The first-order chi connectivity index (χ1) is 24.8. The second kappa shape index (κ2) is 11.4. The molecule has 1 unspecified atom stereocenters. The van der Waals surface area contributed by atoms with Crippen LogP contribution in [0.4, 0.5) is 0 Å². The highest BCUT2D eigenvalue weighted by Gasteiger charge is 2.24. The largest absolute Gasteiger partial charge is 0.344 e. The van der Waals surface area contributed by atoms with E-state index < -0.39 is 0 Å². The summed E-state index contributed by atoms with van der Waals surface area (Å²) in [5.74, 6) is 2.17. The minimum absolute atomic E-state index is 0.300. The molecule has 3 aromatic heterocycles. The van der Waals surface area contributed by atoms with Crippen LogP contribution in [-0.2, 0) is 0 Å². The van der Waals surface area contributed by atoms with Gasteiger partial charge in [-0.2, -0.15) is 0 Å². The summed E-state index contributed by atoms with van der Waals surface area (Å²) in [6, 6.07) is 59.0. The fraction of sp³-hybridized carbons (Fsp3) is 0.0227. The Bertz CT molecular complexity index is 2780. The third kappa shape index (κ3) is 4.46. The van der Waals surface area contributed by atoms with Gasteiger partial charge in [0, 0.05) is 32.8 Å². The van der Waals surface area contributed by atoms with Crippen LogP contribution in [0.5, 0.6) is 0 Å². The Morgan fingerprint density at radius 3 is 1.94 bits per heavy atom. The second-order valence-electron chi connectivity index (χ2n) is 12.5. The number of pyridine rings is 1. The average Bonchev–Trinajstić information content (AvgIpc) is 3.72. The van der Waals surface area contributed by atoms with Gasteiger partial charge in [0.1, 0.15) is 23.5 Å². The normalized spacial score (nSPS) is 14.6. The average molecular weight is 643 g/mol. The zero-order valence-corrected chi connectivity index (χ0v) is 27.0. The van der Waals surface area contributed by atoms with Crippen LogP contribution in [-0.4, -0.2) is 25.8 Å². The van der Waals surface area contributed by atoms with E-state index in [0.717, 1.165) is 39.5 Å². The van der Waals surface area contributed by atoms with Gasteiger partial charge >= 0.3 is 0 Å². The molecule has 1 aliphatic rings. The molecule has 50 heavy (non-hydrogen) atoms. The highest BCUT2D eigenvalue weighted by Crippen LogP contribution is 2.41. The molecule has 0 spiro atoms. The van der Waals surface area contributed by atoms with Gasteiger partial charge in [-0.3, -0.25) is 4.57 Å². The van der Waals surface area contributed by atoms with Crippen molar-refractivity contribution in [3.05, 3.63) is 187 Å². The molecule has 9 aromatic rings. The Labute approximate surface area is 288 Å². The molecule has 6 heteroatoms. The van der Waals surface area contributed by atoms with Crippen LogP contribution in [0.25, 0.3) is 55.1 Å². The third-order valence-corrected chi connectivity index (χ3v) is 9.58. The summed E-state index contributed by atoms with van der Waals surface area (Å²) in [6.45, 7) is 0. The molecule has 0 bridgehead atoms. The lowest BCUT2D eigenvalue weighted by molar-refractivity contribution is 0.673. The number of amidine groups is 2. The lowest BCUT2D eigenvalue weighted by Gasteiger charge is -2.23. The number of para-hydroxylation sites is 3. The van der Waals surface area contributed by atoms with Crippen molar-refractivity contribution in [2.45, 2.75) is 6.17 Å². The van der Waals surface area contributed by atoms with Gasteiger partial charge in [0.2, 0.25) is 0 Å². The summed E-state index contributed by atoms with van der Waals surface area (Å²) in [4.78, 5) is 15.4. The van der Waals surface area contributed by atoms with Crippen molar-refractivity contribution in [3.63, 3.8) is 0 Å². The second-order valence-corrected chi connectivity index (χ2v) is 12.5. The van der Waals surface area contributed by atoms with Crippen LogP contribution >= 0.6 is 0 Å². The minimum Gasteiger partial charge on any atom is -0.344 e. The molecular formula is C44H30N6. The number of fused-ring (bicyclic) bond motifs is 7. The molecule has 0 saturated carbocycles.